The molecule has 8 nitrogen and oxygen atoms in total. The van der Waals surface area contributed by atoms with Crippen molar-refractivity contribution in [3.63, 3.8) is 0 Å². The fourth-order valence-corrected chi connectivity index (χ4v) is 5.01. The molecule has 0 spiro atoms. The third kappa shape index (κ3) is 8.15. The predicted octanol–water partition coefficient (Wildman–Crippen LogP) is 5.64. The summed E-state index contributed by atoms with van der Waals surface area (Å²) in [5.74, 6) is 0.0442. The topological polar surface area (TPSA) is 127 Å². The third-order valence-corrected chi connectivity index (χ3v) is 7.32. The molecule has 0 amide bonds. The first-order valence-electron chi connectivity index (χ1n) is 14.0. The number of aliphatic imine (C=N–C) groups is 1. The van der Waals surface area contributed by atoms with E-state index in [1.165, 1.54) is 4.57 Å². The number of nitrogens with two attached hydrogens (primary N) is 2. The molecule has 2 heterocycles. The summed E-state index contributed by atoms with van der Waals surface area (Å²) in [4.78, 5) is 24.5. The molecule has 1 atom stereocenters. The first-order valence-corrected chi connectivity index (χ1v) is 14.4. The number of benzene rings is 2. The second-order valence-corrected chi connectivity index (χ2v) is 11.8. The minimum absolute atomic E-state index is 0.0499. The smallest absolute Gasteiger partial charge is 0.354 e. The molecule has 4 aromatic rings. The van der Waals surface area contributed by atoms with Gasteiger partial charge in [0.25, 0.3) is 0 Å². The van der Waals surface area contributed by atoms with Crippen LogP contribution in [0, 0.1) is 5.82 Å². The number of H-pyrrole nitrogens is 1. The van der Waals surface area contributed by atoms with Crippen molar-refractivity contribution in [3.05, 3.63) is 93.8 Å². The predicted molar refractivity (Wildman–Crippen MR) is 171 cm³/mol. The number of nitrogens with zero attached hydrogens (tertiary/aromatic N) is 3. The highest BCUT2D eigenvalue weighted by Gasteiger charge is 2.16. The number of halogens is 2. The Kier molecular flexibility index (Phi) is 9.98. The van der Waals surface area contributed by atoms with Crippen LogP contribution in [-0.4, -0.2) is 38.5 Å². The van der Waals surface area contributed by atoms with Gasteiger partial charge in [-0.25, -0.2) is 9.18 Å². The molecule has 0 aliphatic heterocycles. The van der Waals surface area contributed by atoms with E-state index in [1.807, 2.05) is 44.2 Å². The van der Waals surface area contributed by atoms with Gasteiger partial charge in [-0.15, -0.1) is 6.58 Å². The maximum atomic E-state index is 15.1. The Labute approximate surface area is 250 Å². The largest absolute Gasteiger partial charge is 0.388 e. The van der Waals surface area contributed by atoms with Gasteiger partial charge < -0.3 is 21.8 Å². The highest BCUT2D eigenvalue weighted by atomic mass is 35.5. The lowest BCUT2D eigenvalue weighted by atomic mass is 9.96. The molecule has 1 unspecified atom stereocenters. The van der Waals surface area contributed by atoms with Gasteiger partial charge in [-0.2, -0.15) is 4.98 Å². The van der Waals surface area contributed by atoms with Crippen LogP contribution in [0.15, 0.2) is 71.1 Å². The lowest BCUT2D eigenvalue weighted by molar-refractivity contribution is 0.459. The standard InChI is InChI=1S/C32H39ClFN7O/c1-5-24(12-14-37-20(2)35)38-18-21-8-10-25(11-9-21)41-19-23-17-28(39-30(23)40-31(41)42)26-15-22(16-27(33)29(26)34)7-6-13-32(3,4)36/h5,8-11,15-17,19,24,38H,1,6-7,12-14,18,36H2,2-4H3,(H2,35,37)(H,39,40,42). The summed E-state index contributed by atoms with van der Waals surface area (Å²) in [6.45, 7) is 10.9. The number of fused-ring (bicyclic) bond motifs is 1. The number of nitrogens with one attached hydrogen (secondary N) is 2. The first-order chi connectivity index (χ1) is 19.9. The molecule has 42 heavy (non-hydrogen) atoms. The van der Waals surface area contributed by atoms with Crippen molar-refractivity contribution in [2.24, 2.45) is 16.5 Å². The molecule has 10 heteroatoms. The second-order valence-electron chi connectivity index (χ2n) is 11.4. The van der Waals surface area contributed by atoms with Crippen LogP contribution >= 0.6 is 11.6 Å². The van der Waals surface area contributed by atoms with Crippen LogP contribution < -0.4 is 22.5 Å². The number of amidine groups is 1. The molecule has 2 aromatic heterocycles. The van der Waals surface area contributed by atoms with E-state index in [0.29, 0.717) is 46.9 Å². The van der Waals surface area contributed by atoms with Gasteiger partial charge in [0, 0.05) is 41.8 Å². The Balaban J connectivity index is 1.52. The first kappa shape index (κ1) is 31.2. The molecular weight excluding hydrogens is 553 g/mol. The molecule has 0 radical (unpaired) electrons. The van der Waals surface area contributed by atoms with E-state index < -0.39 is 11.5 Å². The zero-order valence-electron chi connectivity index (χ0n) is 24.4. The van der Waals surface area contributed by atoms with E-state index in [-0.39, 0.29) is 16.6 Å². The Morgan fingerprint density at radius 1 is 1.26 bits per heavy atom. The lowest BCUT2D eigenvalue weighted by Gasteiger charge is -2.18. The molecule has 4 rings (SSSR count). The summed E-state index contributed by atoms with van der Waals surface area (Å²) in [6, 6.07) is 13.0. The van der Waals surface area contributed by atoms with Crippen LogP contribution in [-0.2, 0) is 13.0 Å². The molecule has 0 saturated carbocycles. The van der Waals surface area contributed by atoms with Crippen molar-refractivity contribution < 1.29 is 4.39 Å². The molecule has 0 bridgehead atoms. The van der Waals surface area contributed by atoms with Crippen molar-refractivity contribution >= 4 is 28.5 Å². The monoisotopic (exact) mass is 591 g/mol. The Hall–Kier alpha value is -3.79. The van der Waals surface area contributed by atoms with Gasteiger partial charge in [-0.3, -0.25) is 9.56 Å². The number of hydrogen-bond acceptors (Lipinski definition) is 5. The average molecular weight is 592 g/mol. The van der Waals surface area contributed by atoms with Crippen molar-refractivity contribution in [2.75, 3.05) is 6.54 Å². The van der Waals surface area contributed by atoms with Gasteiger partial charge in [0.15, 0.2) is 5.82 Å². The van der Waals surface area contributed by atoms with Crippen molar-refractivity contribution in [2.45, 2.75) is 64.6 Å². The number of rotatable bonds is 13. The summed E-state index contributed by atoms with van der Waals surface area (Å²) < 4.78 is 16.6. The van der Waals surface area contributed by atoms with Gasteiger partial charge in [0.2, 0.25) is 0 Å². The maximum absolute atomic E-state index is 15.1. The zero-order valence-corrected chi connectivity index (χ0v) is 25.1. The summed E-state index contributed by atoms with van der Waals surface area (Å²) in [5.41, 5.74) is 14.9. The molecule has 0 aliphatic rings. The molecule has 0 fully saturated rings. The highest BCUT2D eigenvalue weighted by Crippen LogP contribution is 2.31. The second kappa shape index (κ2) is 13.5. The summed E-state index contributed by atoms with van der Waals surface area (Å²) in [6.07, 6.45) is 6.77. The third-order valence-electron chi connectivity index (χ3n) is 7.04. The molecule has 0 aliphatic carbocycles. The number of aromatic nitrogens is 3. The Morgan fingerprint density at radius 2 is 2.00 bits per heavy atom. The fourth-order valence-electron chi connectivity index (χ4n) is 4.76. The van der Waals surface area contributed by atoms with Gasteiger partial charge in [0.1, 0.15) is 5.65 Å². The van der Waals surface area contributed by atoms with E-state index in [1.54, 1.807) is 31.3 Å². The quantitative estimate of drug-likeness (QED) is 0.0908. The number of hydrogen-bond donors (Lipinski definition) is 4. The molecule has 2 aromatic carbocycles. The van der Waals surface area contributed by atoms with Crippen LogP contribution in [0.3, 0.4) is 0 Å². The number of aromatic amines is 1. The van der Waals surface area contributed by atoms with Crippen LogP contribution in [0.1, 0.15) is 51.2 Å². The normalized spacial score (nSPS) is 13.0. The molecular formula is C32H39ClFN7O. The van der Waals surface area contributed by atoms with Crippen LogP contribution in [0.2, 0.25) is 5.02 Å². The molecule has 6 N–H and O–H groups in total. The van der Waals surface area contributed by atoms with Crippen LogP contribution in [0.5, 0.6) is 0 Å². The van der Waals surface area contributed by atoms with Crippen molar-refractivity contribution in [1.29, 1.82) is 0 Å². The van der Waals surface area contributed by atoms with Crippen molar-refractivity contribution in [1.82, 2.24) is 19.9 Å². The SMILES string of the molecule is C=CC(CCN=C(C)N)NCc1ccc(-n2cc3cc(-c4cc(CCCC(C)(C)N)cc(Cl)c4F)[nH]c3nc2=O)cc1. The Morgan fingerprint density at radius 3 is 2.67 bits per heavy atom. The minimum Gasteiger partial charge on any atom is -0.388 e. The zero-order chi connectivity index (χ0) is 30.4. The number of aryl methyl sites for hydroxylation is 1. The Bertz CT molecular complexity index is 1630. The molecule has 222 valence electrons. The highest BCUT2D eigenvalue weighted by molar-refractivity contribution is 6.31. The maximum Gasteiger partial charge on any atom is 0.354 e. The van der Waals surface area contributed by atoms with Gasteiger partial charge in [-0.1, -0.05) is 29.8 Å². The van der Waals surface area contributed by atoms with E-state index in [0.717, 1.165) is 36.8 Å². The van der Waals surface area contributed by atoms with E-state index in [2.05, 4.69) is 26.9 Å². The van der Waals surface area contributed by atoms with Gasteiger partial charge in [-0.05, 0) is 87.9 Å². The van der Waals surface area contributed by atoms with Gasteiger partial charge in [0.05, 0.1) is 22.2 Å². The van der Waals surface area contributed by atoms with Crippen molar-refractivity contribution in [3.8, 4) is 16.9 Å². The summed E-state index contributed by atoms with van der Waals surface area (Å²) in [5, 5.41) is 4.17. The minimum atomic E-state index is -0.522. The summed E-state index contributed by atoms with van der Waals surface area (Å²) in [7, 11) is 0. The molecule has 0 saturated heterocycles. The van der Waals surface area contributed by atoms with Crippen LogP contribution in [0.4, 0.5) is 4.39 Å². The average Bonchev–Trinajstić information content (AvgIpc) is 3.34. The van der Waals surface area contributed by atoms with Crippen LogP contribution in [0.25, 0.3) is 28.0 Å². The van der Waals surface area contributed by atoms with Gasteiger partial charge >= 0.3 is 5.69 Å². The summed E-state index contributed by atoms with van der Waals surface area (Å²) >= 11 is 6.26. The van der Waals surface area contributed by atoms with E-state index in [9.17, 15) is 4.79 Å². The van der Waals surface area contributed by atoms with E-state index in [4.69, 9.17) is 23.1 Å². The van der Waals surface area contributed by atoms with E-state index >= 15 is 4.39 Å². The fraction of sp³-hybridized carbons (Fsp3) is 0.344. The lowest BCUT2D eigenvalue weighted by Crippen LogP contribution is -2.31.